The Morgan fingerprint density at radius 2 is 1.52 bits per heavy atom. The average Bonchev–Trinajstić information content (AvgIpc) is 2.39. The molecule has 124 valence electrons. The van der Waals surface area contributed by atoms with Gasteiger partial charge in [0.1, 0.15) is 0 Å². The maximum atomic E-state index is 12.5. The van der Waals surface area contributed by atoms with Crippen LogP contribution in [0, 0.1) is 6.92 Å². The van der Waals surface area contributed by atoms with Crippen molar-refractivity contribution in [2.24, 2.45) is 0 Å². The van der Waals surface area contributed by atoms with Gasteiger partial charge in [-0.3, -0.25) is 9.44 Å². The summed E-state index contributed by atoms with van der Waals surface area (Å²) in [7, 11) is -7.22. The fraction of sp³-hybridized carbons (Fsp3) is 0.143. The van der Waals surface area contributed by atoms with E-state index in [9.17, 15) is 16.8 Å². The summed E-state index contributed by atoms with van der Waals surface area (Å²) in [5, 5.41) is 0. The molecule has 0 fully saturated rings. The Labute approximate surface area is 144 Å². The van der Waals surface area contributed by atoms with E-state index in [0.717, 1.165) is 6.26 Å². The van der Waals surface area contributed by atoms with Crippen LogP contribution in [0.1, 0.15) is 5.56 Å². The summed E-state index contributed by atoms with van der Waals surface area (Å²) in [6.45, 7) is 1.70. The number of benzene rings is 2. The molecule has 2 aromatic rings. The molecule has 0 bridgehead atoms. The molecule has 9 heteroatoms. The Hall–Kier alpha value is -1.58. The van der Waals surface area contributed by atoms with E-state index < -0.39 is 20.0 Å². The number of anilines is 2. The summed E-state index contributed by atoms with van der Waals surface area (Å²) in [5.74, 6) is 0. The number of nitrogens with one attached hydrogen (secondary N) is 2. The Balaban J connectivity index is 2.34. The molecular formula is C14H15BrN2O4S2. The maximum absolute atomic E-state index is 12.5. The Morgan fingerprint density at radius 3 is 2.13 bits per heavy atom. The zero-order valence-electron chi connectivity index (χ0n) is 12.4. The van der Waals surface area contributed by atoms with E-state index in [1.807, 2.05) is 0 Å². The van der Waals surface area contributed by atoms with Crippen molar-refractivity contribution in [3.05, 3.63) is 52.5 Å². The summed E-state index contributed by atoms with van der Waals surface area (Å²) in [6, 6.07) is 11.0. The molecule has 0 aliphatic carbocycles. The number of hydrogen-bond donors (Lipinski definition) is 2. The highest BCUT2D eigenvalue weighted by Gasteiger charge is 2.17. The quantitative estimate of drug-likeness (QED) is 0.780. The second-order valence-electron chi connectivity index (χ2n) is 4.97. The number of rotatable bonds is 5. The molecule has 0 radical (unpaired) electrons. The zero-order chi connectivity index (χ0) is 17.3. The molecular weight excluding hydrogens is 404 g/mol. The van der Waals surface area contributed by atoms with E-state index in [2.05, 4.69) is 25.4 Å². The van der Waals surface area contributed by atoms with Crippen LogP contribution in [0.25, 0.3) is 0 Å². The first-order chi connectivity index (χ1) is 10.6. The molecule has 2 rings (SSSR count). The monoisotopic (exact) mass is 418 g/mol. The lowest BCUT2D eigenvalue weighted by Gasteiger charge is -2.12. The SMILES string of the molecule is Cc1ccc(Br)cc1S(=O)(=O)Nc1cccc(NS(C)(=O)=O)c1. The molecule has 0 heterocycles. The second-order valence-corrected chi connectivity index (χ2v) is 9.29. The van der Waals surface area contributed by atoms with Gasteiger partial charge in [0.05, 0.1) is 22.5 Å². The van der Waals surface area contributed by atoms with E-state index in [4.69, 9.17) is 0 Å². The van der Waals surface area contributed by atoms with Gasteiger partial charge in [0.2, 0.25) is 10.0 Å². The van der Waals surface area contributed by atoms with Gasteiger partial charge in [0, 0.05) is 4.47 Å². The number of aryl methyl sites for hydroxylation is 1. The van der Waals surface area contributed by atoms with Gasteiger partial charge in [0.25, 0.3) is 10.0 Å². The predicted octanol–water partition coefficient (Wildman–Crippen LogP) is 2.93. The zero-order valence-corrected chi connectivity index (χ0v) is 15.6. The van der Waals surface area contributed by atoms with E-state index in [1.54, 1.807) is 31.2 Å². The lowest BCUT2D eigenvalue weighted by atomic mass is 10.2. The lowest BCUT2D eigenvalue weighted by molar-refractivity contribution is 0.600. The van der Waals surface area contributed by atoms with E-state index in [-0.39, 0.29) is 16.3 Å². The lowest BCUT2D eigenvalue weighted by Crippen LogP contribution is -2.15. The number of sulfonamides is 2. The van der Waals surface area contributed by atoms with Crippen molar-refractivity contribution in [2.45, 2.75) is 11.8 Å². The molecule has 2 aromatic carbocycles. The summed E-state index contributed by atoms with van der Waals surface area (Å²) in [5.41, 5.74) is 1.14. The molecule has 0 aliphatic heterocycles. The van der Waals surface area contributed by atoms with E-state index in [1.165, 1.54) is 18.2 Å². The van der Waals surface area contributed by atoms with Crippen molar-refractivity contribution < 1.29 is 16.8 Å². The molecule has 2 N–H and O–H groups in total. The standard InChI is InChI=1S/C14H15BrN2O4S2/c1-10-6-7-11(15)8-14(10)23(20,21)17-13-5-3-4-12(9-13)16-22(2,18)19/h3-9,16-17H,1-2H3. The Morgan fingerprint density at radius 1 is 0.913 bits per heavy atom. The van der Waals surface area contributed by atoms with Gasteiger partial charge >= 0.3 is 0 Å². The number of halogens is 1. The van der Waals surface area contributed by atoms with Crippen LogP contribution < -0.4 is 9.44 Å². The minimum Gasteiger partial charge on any atom is -0.284 e. The van der Waals surface area contributed by atoms with Crippen molar-refractivity contribution in [2.75, 3.05) is 15.7 Å². The smallest absolute Gasteiger partial charge is 0.262 e. The summed E-state index contributed by atoms with van der Waals surface area (Å²) in [6.07, 6.45) is 1.02. The highest BCUT2D eigenvalue weighted by Crippen LogP contribution is 2.24. The molecule has 0 atom stereocenters. The molecule has 0 aromatic heterocycles. The molecule has 6 nitrogen and oxygen atoms in total. The summed E-state index contributed by atoms with van der Waals surface area (Å²) >= 11 is 3.25. The van der Waals surface area contributed by atoms with E-state index >= 15 is 0 Å². The summed E-state index contributed by atoms with van der Waals surface area (Å²) in [4.78, 5) is 0.147. The molecule has 23 heavy (non-hydrogen) atoms. The topological polar surface area (TPSA) is 92.3 Å². The van der Waals surface area contributed by atoms with Crippen molar-refractivity contribution in [3.63, 3.8) is 0 Å². The Kier molecular flexibility index (Phi) is 5.02. The van der Waals surface area contributed by atoms with Gasteiger partial charge in [-0.1, -0.05) is 28.1 Å². The number of hydrogen-bond acceptors (Lipinski definition) is 4. The van der Waals surface area contributed by atoms with Crippen LogP contribution in [0.4, 0.5) is 11.4 Å². The van der Waals surface area contributed by atoms with Crippen LogP contribution in [-0.2, 0) is 20.0 Å². The van der Waals surface area contributed by atoms with Gasteiger partial charge in [0.15, 0.2) is 0 Å². The van der Waals surface area contributed by atoms with Crippen LogP contribution in [0.3, 0.4) is 0 Å². The highest BCUT2D eigenvalue weighted by molar-refractivity contribution is 9.10. The van der Waals surface area contributed by atoms with Crippen LogP contribution in [0.15, 0.2) is 51.8 Å². The first-order valence-corrected chi connectivity index (χ1v) is 10.6. The fourth-order valence-corrected chi connectivity index (χ4v) is 4.32. The molecule has 0 spiro atoms. The molecule has 0 aliphatic rings. The van der Waals surface area contributed by atoms with Crippen LogP contribution in [-0.4, -0.2) is 23.1 Å². The third-order valence-electron chi connectivity index (χ3n) is 2.86. The van der Waals surface area contributed by atoms with Crippen LogP contribution >= 0.6 is 15.9 Å². The first kappa shape index (κ1) is 17.8. The first-order valence-electron chi connectivity index (χ1n) is 6.44. The van der Waals surface area contributed by atoms with Crippen molar-refractivity contribution in [1.29, 1.82) is 0 Å². The van der Waals surface area contributed by atoms with Gasteiger partial charge < -0.3 is 0 Å². The van der Waals surface area contributed by atoms with E-state index in [0.29, 0.717) is 10.0 Å². The van der Waals surface area contributed by atoms with Crippen LogP contribution in [0.2, 0.25) is 0 Å². The van der Waals surface area contributed by atoms with Gasteiger partial charge in [-0.05, 0) is 42.8 Å². The van der Waals surface area contributed by atoms with Gasteiger partial charge in [-0.2, -0.15) is 0 Å². The summed E-state index contributed by atoms with van der Waals surface area (Å²) < 4.78 is 52.9. The fourth-order valence-electron chi connectivity index (χ4n) is 1.93. The molecule has 0 saturated heterocycles. The molecule has 0 saturated carbocycles. The van der Waals surface area contributed by atoms with Gasteiger partial charge in [-0.15, -0.1) is 0 Å². The van der Waals surface area contributed by atoms with Crippen molar-refractivity contribution >= 4 is 47.4 Å². The van der Waals surface area contributed by atoms with Gasteiger partial charge in [-0.25, -0.2) is 16.8 Å². The normalized spacial score (nSPS) is 12.0. The molecule has 0 unspecified atom stereocenters. The largest absolute Gasteiger partial charge is 0.284 e. The van der Waals surface area contributed by atoms with Crippen molar-refractivity contribution in [3.8, 4) is 0 Å². The third kappa shape index (κ3) is 4.95. The highest BCUT2D eigenvalue weighted by atomic mass is 79.9. The maximum Gasteiger partial charge on any atom is 0.262 e. The second kappa shape index (κ2) is 6.50. The predicted molar refractivity (Wildman–Crippen MR) is 94.6 cm³/mol. The minimum absolute atomic E-state index is 0.147. The average molecular weight is 419 g/mol. The van der Waals surface area contributed by atoms with Crippen LogP contribution in [0.5, 0.6) is 0 Å². The minimum atomic E-state index is -3.78. The Bertz CT molecular complexity index is 941. The third-order valence-corrected chi connectivity index (χ3v) is 5.48. The molecule has 0 amide bonds. The van der Waals surface area contributed by atoms with Crippen molar-refractivity contribution in [1.82, 2.24) is 0 Å².